The first kappa shape index (κ1) is 11.5. The third-order valence-corrected chi connectivity index (χ3v) is 1.50. The molecule has 0 aromatic heterocycles. The molecule has 0 fully saturated rings. The van der Waals surface area contributed by atoms with Crippen LogP contribution >= 0.6 is 11.6 Å². The molecule has 3 heteroatoms. The lowest BCUT2D eigenvalue weighted by molar-refractivity contribution is -0.128. The molecule has 12 heavy (non-hydrogen) atoms. The molecule has 1 N–H and O–H groups in total. The largest absolute Gasteiger partial charge is 0.352 e. The summed E-state index contributed by atoms with van der Waals surface area (Å²) in [5.74, 6) is 0.549. The van der Waals surface area contributed by atoms with Crippen LogP contribution in [-0.2, 0) is 4.79 Å². The molecule has 0 bridgehead atoms. The maximum Gasteiger partial charge on any atom is 0.225 e. The van der Waals surface area contributed by atoms with E-state index in [-0.39, 0.29) is 11.3 Å². The molecular weight excluding hydrogens is 174 g/mol. The van der Waals surface area contributed by atoms with E-state index in [1.165, 1.54) is 0 Å². The molecule has 70 valence electrons. The minimum atomic E-state index is -0.311. The normalized spacial score (nSPS) is 12.0. The van der Waals surface area contributed by atoms with Gasteiger partial charge in [0.1, 0.15) is 0 Å². The summed E-state index contributed by atoms with van der Waals surface area (Å²) < 4.78 is 0. The van der Waals surface area contributed by atoms with E-state index in [2.05, 4.69) is 5.32 Å². The second-order valence-corrected chi connectivity index (χ2v) is 3.89. The van der Waals surface area contributed by atoms with Crippen molar-refractivity contribution < 1.29 is 4.79 Å². The summed E-state index contributed by atoms with van der Waals surface area (Å²) in [5, 5.41) is 2.77. The Hall–Kier alpha value is -0.500. The first-order valence-electron chi connectivity index (χ1n) is 3.97. The van der Waals surface area contributed by atoms with Crippen LogP contribution in [0.1, 0.15) is 20.8 Å². The monoisotopic (exact) mass is 189 g/mol. The Kier molecular flexibility index (Phi) is 4.98. The van der Waals surface area contributed by atoms with Crippen molar-refractivity contribution in [2.45, 2.75) is 20.8 Å². The van der Waals surface area contributed by atoms with Crippen LogP contribution in [0.5, 0.6) is 0 Å². The number of rotatable bonds is 3. The Morgan fingerprint density at radius 2 is 2.00 bits per heavy atom. The minimum Gasteiger partial charge on any atom is -0.352 e. The van der Waals surface area contributed by atoms with Crippen molar-refractivity contribution in [3.63, 3.8) is 0 Å². The highest BCUT2D eigenvalue weighted by molar-refractivity contribution is 6.18. The van der Waals surface area contributed by atoms with Crippen LogP contribution < -0.4 is 5.32 Å². The molecule has 0 radical (unpaired) electrons. The highest BCUT2D eigenvalue weighted by atomic mass is 35.5. The Morgan fingerprint density at radius 1 is 1.42 bits per heavy atom. The molecule has 0 heterocycles. The SMILES string of the molecule is CC(C)(C)C(=O)NCC=CCCl. The van der Waals surface area contributed by atoms with Crippen molar-refractivity contribution in [3.8, 4) is 0 Å². The van der Waals surface area contributed by atoms with E-state index < -0.39 is 0 Å². The number of carbonyl (C=O) groups excluding carboxylic acids is 1. The zero-order valence-corrected chi connectivity index (χ0v) is 8.61. The van der Waals surface area contributed by atoms with E-state index in [9.17, 15) is 4.79 Å². The predicted octanol–water partition coefficient (Wildman–Crippen LogP) is 1.94. The van der Waals surface area contributed by atoms with Crippen molar-refractivity contribution in [1.82, 2.24) is 5.32 Å². The highest BCUT2D eigenvalue weighted by Gasteiger charge is 2.19. The van der Waals surface area contributed by atoms with Crippen molar-refractivity contribution in [3.05, 3.63) is 12.2 Å². The van der Waals surface area contributed by atoms with Crippen LogP contribution in [0.3, 0.4) is 0 Å². The third kappa shape index (κ3) is 5.19. The summed E-state index contributed by atoms with van der Waals surface area (Å²) in [6, 6.07) is 0. The number of alkyl halides is 1. The van der Waals surface area contributed by atoms with Gasteiger partial charge < -0.3 is 5.32 Å². The van der Waals surface area contributed by atoms with Crippen LogP contribution in [0.2, 0.25) is 0 Å². The molecule has 2 nitrogen and oxygen atoms in total. The lowest BCUT2D eigenvalue weighted by Gasteiger charge is -2.16. The zero-order chi connectivity index (χ0) is 9.61. The molecule has 0 aromatic rings. The number of amides is 1. The molecule has 0 spiro atoms. The average molecular weight is 190 g/mol. The van der Waals surface area contributed by atoms with Gasteiger partial charge in [0.2, 0.25) is 5.91 Å². The van der Waals surface area contributed by atoms with Crippen molar-refractivity contribution in [2.75, 3.05) is 12.4 Å². The molecule has 1 amide bonds. The van der Waals surface area contributed by atoms with Crippen LogP contribution in [0, 0.1) is 5.41 Å². The number of allylic oxidation sites excluding steroid dienone is 1. The molecule has 0 unspecified atom stereocenters. The number of hydrogen-bond acceptors (Lipinski definition) is 1. The standard InChI is InChI=1S/C9H16ClNO/c1-9(2,3)8(12)11-7-5-4-6-10/h4-5H,6-7H2,1-3H3,(H,11,12). The fourth-order valence-electron chi connectivity index (χ4n) is 0.563. The van der Waals surface area contributed by atoms with Crippen LogP contribution in [0.4, 0.5) is 0 Å². The van der Waals surface area contributed by atoms with Gasteiger partial charge in [-0.15, -0.1) is 11.6 Å². The topological polar surface area (TPSA) is 29.1 Å². The average Bonchev–Trinajstić information content (AvgIpc) is 1.96. The highest BCUT2D eigenvalue weighted by Crippen LogP contribution is 2.11. The third-order valence-electron chi connectivity index (χ3n) is 1.32. The quantitative estimate of drug-likeness (QED) is 0.534. The first-order chi connectivity index (χ1) is 5.48. The second kappa shape index (κ2) is 5.20. The van der Waals surface area contributed by atoms with Crippen molar-refractivity contribution in [1.29, 1.82) is 0 Å². The van der Waals surface area contributed by atoms with Crippen LogP contribution in [0.15, 0.2) is 12.2 Å². The second-order valence-electron chi connectivity index (χ2n) is 3.59. The maximum atomic E-state index is 11.2. The van der Waals surface area contributed by atoms with E-state index in [1.54, 1.807) is 0 Å². The van der Waals surface area contributed by atoms with Gasteiger partial charge >= 0.3 is 0 Å². The van der Waals surface area contributed by atoms with E-state index in [0.717, 1.165) is 0 Å². The first-order valence-corrected chi connectivity index (χ1v) is 4.51. The van der Waals surface area contributed by atoms with E-state index in [1.807, 2.05) is 32.9 Å². The summed E-state index contributed by atoms with van der Waals surface area (Å²) in [6.45, 7) is 6.21. The van der Waals surface area contributed by atoms with Gasteiger partial charge in [-0.2, -0.15) is 0 Å². The lowest BCUT2D eigenvalue weighted by atomic mass is 9.96. The molecule has 0 aromatic carbocycles. The van der Waals surface area contributed by atoms with E-state index in [0.29, 0.717) is 12.4 Å². The number of halogens is 1. The van der Waals surface area contributed by atoms with Gasteiger partial charge in [0.25, 0.3) is 0 Å². The lowest BCUT2D eigenvalue weighted by Crippen LogP contribution is -2.34. The maximum absolute atomic E-state index is 11.2. The summed E-state index contributed by atoms with van der Waals surface area (Å²) in [5.41, 5.74) is -0.311. The Balaban J connectivity index is 3.66. The van der Waals surface area contributed by atoms with Crippen molar-refractivity contribution >= 4 is 17.5 Å². The Labute approximate surface area is 79.0 Å². The predicted molar refractivity (Wildman–Crippen MR) is 52.3 cm³/mol. The summed E-state index contributed by atoms with van der Waals surface area (Å²) in [6.07, 6.45) is 3.65. The summed E-state index contributed by atoms with van der Waals surface area (Å²) in [4.78, 5) is 11.2. The van der Waals surface area contributed by atoms with Gasteiger partial charge in [0, 0.05) is 17.8 Å². The van der Waals surface area contributed by atoms with Crippen molar-refractivity contribution in [2.24, 2.45) is 5.41 Å². The minimum absolute atomic E-state index is 0.0572. The summed E-state index contributed by atoms with van der Waals surface area (Å²) >= 11 is 5.41. The molecule has 0 atom stereocenters. The molecule has 0 aliphatic rings. The Morgan fingerprint density at radius 3 is 2.42 bits per heavy atom. The number of hydrogen-bond donors (Lipinski definition) is 1. The molecule has 0 saturated carbocycles. The smallest absolute Gasteiger partial charge is 0.225 e. The van der Waals surface area contributed by atoms with Crippen LogP contribution in [0.25, 0.3) is 0 Å². The van der Waals surface area contributed by atoms with Gasteiger partial charge in [-0.3, -0.25) is 4.79 Å². The van der Waals surface area contributed by atoms with E-state index in [4.69, 9.17) is 11.6 Å². The Bertz CT molecular complexity index is 170. The number of carbonyl (C=O) groups is 1. The molecule has 0 rings (SSSR count). The number of nitrogens with one attached hydrogen (secondary N) is 1. The molecule has 0 saturated heterocycles. The summed E-state index contributed by atoms with van der Waals surface area (Å²) in [7, 11) is 0. The van der Waals surface area contributed by atoms with Gasteiger partial charge in [0.15, 0.2) is 0 Å². The fourth-order valence-corrected chi connectivity index (χ4v) is 0.689. The molecule has 0 aliphatic heterocycles. The zero-order valence-electron chi connectivity index (χ0n) is 7.86. The van der Waals surface area contributed by atoms with E-state index >= 15 is 0 Å². The molecule has 0 aliphatic carbocycles. The molecular formula is C9H16ClNO. The van der Waals surface area contributed by atoms with Crippen LogP contribution in [-0.4, -0.2) is 18.3 Å². The van der Waals surface area contributed by atoms with Gasteiger partial charge in [-0.25, -0.2) is 0 Å². The van der Waals surface area contributed by atoms with Gasteiger partial charge in [-0.05, 0) is 0 Å². The van der Waals surface area contributed by atoms with Gasteiger partial charge in [0.05, 0.1) is 0 Å². The van der Waals surface area contributed by atoms with Gasteiger partial charge in [-0.1, -0.05) is 32.9 Å². The fraction of sp³-hybridized carbons (Fsp3) is 0.667.